The molecule has 3 aromatic carbocycles. The van der Waals surface area contributed by atoms with E-state index in [0.29, 0.717) is 22.6 Å². The van der Waals surface area contributed by atoms with Crippen molar-refractivity contribution in [1.29, 1.82) is 0 Å². The number of nitrogens with one attached hydrogen (secondary N) is 1. The third-order valence-electron chi connectivity index (χ3n) is 4.62. The van der Waals surface area contributed by atoms with Gasteiger partial charge < -0.3 is 9.47 Å². The number of carbonyl (C=O) groups is 2. The number of hydrazone groups is 1. The topological polar surface area (TPSA) is 77.0 Å². The standard InChI is InChI=1S/C26H25BrN2O4/c1-26(2,3)20-10-12-22(13-11-20)32-17-24(30)29-28-16-18-6-4-9-23(14-18)33-25(31)19-7-5-8-21(27)15-19/h4-16H,17H2,1-3H3,(H,29,30). The Hall–Kier alpha value is -3.45. The van der Waals surface area contributed by atoms with Crippen molar-refractivity contribution in [1.82, 2.24) is 5.43 Å². The van der Waals surface area contributed by atoms with Crippen molar-refractivity contribution in [3.63, 3.8) is 0 Å². The van der Waals surface area contributed by atoms with E-state index in [1.807, 2.05) is 30.3 Å². The highest BCUT2D eigenvalue weighted by atomic mass is 79.9. The lowest BCUT2D eigenvalue weighted by atomic mass is 9.87. The summed E-state index contributed by atoms with van der Waals surface area (Å²) in [7, 11) is 0. The highest BCUT2D eigenvalue weighted by Crippen LogP contribution is 2.24. The van der Waals surface area contributed by atoms with Gasteiger partial charge in [-0.3, -0.25) is 4.79 Å². The van der Waals surface area contributed by atoms with Gasteiger partial charge in [-0.1, -0.05) is 67.0 Å². The normalized spacial score (nSPS) is 11.3. The van der Waals surface area contributed by atoms with Crippen LogP contribution in [0.15, 0.2) is 82.4 Å². The van der Waals surface area contributed by atoms with E-state index in [0.717, 1.165) is 4.47 Å². The van der Waals surface area contributed by atoms with Gasteiger partial charge in [0.05, 0.1) is 11.8 Å². The molecular formula is C26H25BrN2O4. The summed E-state index contributed by atoms with van der Waals surface area (Å²) < 4.78 is 11.7. The molecule has 7 heteroatoms. The summed E-state index contributed by atoms with van der Waals surface area (Å²) in [4.78, 5) is 24.3. The first-order valence-corrected chi connectivity index (χ1v) is 11.1. The van der Waals surface area contributed by atoms with Crippen LogP contribution in [0.25, 0.3) is 0 Å². The van der Waals surface area contributed by atoms with Gasteiger partial charge in [-0.15, -0.1) is 0 Å². The van der Waals surface area contributed by atoms with E-state index < -0.39 is 5.97 Å². The molecule has 0 aliphatic heterocycles. The molecule has 0 heterocycles. The Morgan fingerprint density at radius 2 is 1.70 bits per heavy atom. The molecule has 0 atom stereocenters. The van der Waals surface area contributed by atoms with Crippen molar-refractivity contribution in [2.24, 2.45) is 5.10 Å². The highest BCUT2D eigenvalue weighted by Gasteiger charge is 2.13. The molecule has 0 fully saturated rings. The summed E-state index contributed by atoms with van der Waals surface area (Å²) >= 11 is 3.33. The predicted molar refractivity (Wildman–Crippen MR) is 132 cm³/mol. The zero-order valence-corrected chi connectivity index (χ0v) is 20.3. The zero-order valence-electron chi connectivity index (χ0n) is 18.7. The van der Waals surface area contributed by atoms with Gasteiger partial charge in [-0.2, -0.15) is 5.10 Å². The predicted octanol–water partition coefficient (Wildman–Crippen LogP) is 5.49. The fourth-order valence-corrected chi connectivity index (χ4v) is 3.25. The summed E-state index contributed by atoms with van der Waals surface area (Å²) in [5, 5.41) is 3.94. The summed E-state index contributed by atoms with van der Waals surface area (Å²) in [6.07, 6.45) is 1.46. The molecule has 0 saturated heterocycles. The second-order valence-corrected chi connectivity index (χ2v) is 9.24. The van der Waals surface area contributed by atoms with Crippen molar-refractivity contribution >= 4 is 34.0 Å². The monoisotopic (exact) mass is 508 g/mol. The number of hydrogen-bond donors (Lipinski definition) is 1. The van der Waals surface area contributed by atoms with E-state index in [1.165, 1.54) is 11.8 Å². The molecule has 3 rings (SSSR count). The summed E-state index contributed by atoms with van der Waals surface area (Å²) in [5.41, 5.74) is 4.76. The second kappa shape index (κ2) is 10.9. The number of ether oxygens (including phenoxy) is 2. The van der Waals surface area contributed by atoms with Gasteiger partial charge in [0.15, 0.2) is 6.61 Å². The molecule has 0 unspecified atom stereocenters. The van der Waals surface area contributed by atoms with E-state index in [1.54, 1.807) is 42.5 Å². The number of carbonyl (C=O) groups excluding carboxylic acids is 2. The van der Waals surface area contributed by atoms with Crippen LogP contribution in [0.5, 0.6) is 11.5 Å². The average molecular weight is 509 g/mol. The van der Waals surface area contributed by atoms with Gasteiger partial charge in [0.2, 0.25) is 0 Å². The van der Waals surface area contributed by atoms with E-state index in [4.69, 9.17) is 9.47 Å². The number of esters is 1. The number of nitrogens with zero attached hydrogens (tertiary/aromatic N) is 1. The second-order valence-electron chi connectivity index (χ2n) is 8.33. The molecule has 0 saturated carbocycles. The Morgan fingerprint density at radius 1 is 0.970 bits per heavy atom. The van der Waals surface area contributed by atoms with Gasteiger partial charge in [0.1, 0.15) is 11.5 Å². The Balaban J connectivity index is 1.49. The van der Waals surface area contributed by atoms with Gasteiger partial charge in [-0.25, -0.2) is 10.2 Å². The third-order valence-corrected chi connectivity index (χ3v) is 5.12. The molecule has 0 aliphatic rings. The van der Waals surface area contributed by atoms with E-state index >= 15 is 0 Å². The fraction of sp³-hybridized carbons (Fsp3) is 0.192. The highest BCUT2D eigenvalue weighted by molar-refractivity contribution is 9.10. The maximum atomic E-state index is 12.3. The number of benzene rings is 3. The summed E-state index contributed by atoms with van der Waals surface area (Å²) in [6.45, 7) is 6.25. The molecule has 1 amide bonds. The Morgan fingerprint density at radius 3 is 2.39 bits per heavy atom. The Labute approximate surface area is 201 Å². The molecule has 33 heavy (non-hydrogen) atoms. The molecule has 170 valence electrons. The average Bonchev–Trinajstić information content (AvgIpc) is 2.78. The van der Waals surface area contributed by atoms with Crippen LogP contribution in [0.2, 0.25) is 0 Å². The van der Waals surface area contributed by atoms with Crippen LogP contribution >= 0.6 is 15.9 Å². The smallest absolute Gasteiger partial charge is 0.343 e. The first kappa shape index (κ1) is 24.2. The number of halogens is 1. The van der Waals surface area contributed by atoms with Crippen molar-refractivity contribution in [3.8, 4) is 11.5 Å². The molecule has 3 aromatic rings. The van der Waals surface area contributed by atoms with Crippen LogP contribution < -0.4 is 14.9 Å². The maximum absolute atomic E-state index is 12.3. The van der Waals surface area contributed by atoms with Crippen molar-refractivity contribution in [2.75, 3.05) is 6.61 Å². The first-order valence-electron chi connectivity index (χ1n) is 10.3. The van der Waals surface area contributed by atoms with Gasteiger partial charge in [-0.05, 0) is 59.0 Å². The largest absolute Gasteiger partial charge is 0.484 e. The number of rotatable bonds is 7. The Bertz CT molecular complexity index is 1150. The van der Waals surface area contributed by atoms with Crippen LogP contribution in [0.3, 0.4) is 0 Å². The quantitative estimate of drug-likeness (QED) is 0.198. The van der Waals surface area contributed by atoms with Gasteiger partial charge in [0.25, 0.3) is 5.91 Å². The molecule has 6 nitrogen and oxygen atoms in total. The lowest BCUT2D eigenvalue weighted by molar-refractivity contribution is -0.123. The fourth-order valence-electron chi connectivity index (χ4n) is 2.85. The molecule has 0 aromatic heterocycles. The van der Waals surface area contributed by atoms with Crippen LogP contribution in [-0.4, -0.2) is 24.7 Å². The lowest BCUT2D eigenvalue weighted by Gasteiger charge is -2.19. The van der Waals surface area contributed by atoms with Crippen LogP contribution in [0.4, 0.5) is 0 Å². The van der Waals surface area contributed by atoms with Crippen LogP contribution in [0, 0.1) is 0 Å². The minimum atomic E-state index is -0.466. The summed E-state index contributed by atoms with van der Waals surface area (Å²) in [6, 6.07) is 21.5. The minimum absolute atomic E-state index is 0.0545. The van der Waals surface area contributed by atoms with Crippen molar-refractivity contribution in [3.05, 3.63) is 94.0 Å². The number of hydrogen-bond acceptors (Lipinski definition) is 5. The molecule has 0 bridgehead atoms. The molecule has 1 N–H and O–H groups in total. The molecule has 0 radical (unpaired) electrons. The van der Waals surface area contributed by atoms with E-state index in [9.17, 15) is 9.59 Å². The third kappa shape index (κ3) is 7.57. The Kier molecular flexibility index (Phi) is 8.01. The maximum Gasteiger partial charge on any atom is 0.343 e. The molecule has 0 spiro atoms. The SMILES string of the molecule is CC(C)(C)c1ccc(OCC(=O)NN=Cc2cccc(OC(=O)c3cccc(Br)c3)c2)cc1. The first-order chi connectivity index (χ1) is 15.7. The van der Waals surface area contributed by atoms with Crippen LogP contribution in [0.1, 0.15) is 42.3 Å². The van der Waals surface area contributed by atoms with Crippen LogP contribution in [-0.2, 0) is 10.2 Å². The van der Waals surface area contributed by atoms with Gasteiger partial charge >= 0.3 is 5.97 Å². The summed E-state index contributed by atoms with van der Waals surface area (Å²) in [5.74, 6) is 0.133. The van der Waals surface area contributed by atoms with E-state index in [2.05, 4.69) is 47.2 Å². The van der Waals surface area contributed by atoms with Gasteiger partial charge in [0, 0.05) is 4.47 Å². The lowest BCUT2D eigenvalue weighted by Crippen LogP contribution is -2.24. The molecular weight excluding hydrogens is 484 g/mol. The van der Waals surface area contributed by atoms with E-state index in [-0.39, 0.29) is 17.9 Å². The molecule has 0 aliphatic carbocycles. The zero-order chi connectivity index (χ0) is 23.8. The minimum Gasteiger partial charge on any atom is -0.484 e. The van der Waals surface area contributed by atoms with Crippen molar-refractivity contribution < 1.29 is 19.1 Å². The number of amides is 1. The van der Waals surface area contributed by atoms with Crippen molar-refractivity contribution in [2.45, 2.75) is 26.2 Å².